The van der Waals surface area contributed by atoms with E-state index in [1.807, 2.05) is 13.8 Å². The molecule has 0 aliphatic rings. The minimum Gasteiger partial charge on any atom is -0.372 e. The molecule has 0 atom stereocenters. The summed E-state index contributed by atoms with van der Waals surface area (Å²) in [6, 6.07) is 0. The molecule has 0 N–H and O–H groups in total. The van der Waals surface area contributed by atoms with Crippen molar-refractivity contribution in [3.8, 4) is 0 Å². The smallest absolute Gasteiger partial charge is 0.115 e. The zero-order valence-corrected chi connectivity index (χ0v) is 4.27. The SMILES string of the molecule is [CH]OCC(C)C. The summed E-state index contributed by atoms with van der Waals surface area (Å²) in [5.74, 6) is 0.551. The monoisotopic (exact) mass is 86.1 g/mol. The van der Waals surface area contributed by atoms with Crippen molar-refractivity contribution in [2.45, 2.75) is 13.8 Å². The summed E-state index contributed by atoms with van der Waals surface area (Å²) < 4.78 is 4.30. The van der Waals surface area contributed by atoms with E-state index in [2.05, 4.69) is 4.74 Å². The van der Waals surface area contributed by atoms with E-state index in [9.17, 15) is 0 Å². The van der Waals surface area contributed by atoms with Crippen molar-refractivity contribution in [1.29, 1.82) is 0 Å². The Morgan fingerprint density at radius 3 is 2.17 bits per heavy atom. The third-order valence-corrected chi connectivity index (χ3v) is 0.430. The van der Waals surface area contributed by atoms with Gasteiger partial charge in [-0.05, 0) is 5.92 Å². The largest absolute Gasteiger partial charge is 0.372 e. The van der Waals surface area contributed by atoms with Gasteiger partial charge in [0.15, 0.2) is 0 Å². The third kappa shape index (κ3) is 3.96. The highest BCUT2D eigenvalue weighted by molar-refractivity contribution is 4.36. The van der Waals surface area contributed by atoms with Crippen molar-refractivity contribution in [1.82, 2.24) is 0 Å². The van der Waals surface area contributed by atoms with Crippen molar-refractivity contribution < 1.29 is 4.74 Å². The Labute approximate surface area is 39.3 Å². The highest BCUT2D eigenvalue weighted by Crippen LogP contribution is 1.88. The highest BCUT2D eigenvalue weighted by atomic mass is 16.5. The number of hydrogen-bond donors (Lipinski definition) is 0. The lowest BCUT2D eigenvalue weighted by atomic mass is 10.2. The first-order valence-electron chi connectivity index (χ1n) is 2.09. The van der Waals surface area contributed by atoms with Crippen LogP contribution < -0.4 is 0 Å². The van der Waals surface area contributed by atoms with Gasteiger partial charge in [0, 0.05) is 6.61 Å². The quantitative estimate of drug-likeness (QED) is 0.492. The maximum Gasteiger partial charge on any atom is 0.115 e. The Balaban J connectivity index is 2.63. The molecule has 0 fully saturated rings. The number of hydrogen-bond acceptors (Lipinski definition) is 1. The fraction of sp³-hybridized carbons (Fsp3) is 0.800. The second-order valence-corrected chi connectivity index (χ2v) is 1.73. The lowest BCUT2D eigenvalue weighted by Gasteiger charge is -1.97. The lowest BCUT2D eigenvalue weighted by molar-refractivity contribution is 0.205. The number of ether oxygens (including phenoxy) is 1. The summed E-state index contributed by atoms with van der Waals surface area (Å²) >= 11 is 0. The van der Waals surface area contributed by atoms with E-state index in [4.69, 9.17) is 7.11 Å². The summed E-state index contributed by atoms with van der Waals surface area (Å²) in [4.78, 5) is 0. The predicted octanol–water partition coefficient (Wildman–Crippen LogP) is 1.33. The third-order valence-electron chi connectivity index (χ3n) is 0.430. The molecule has 1 heteroatoms. The van der Waals surface area contributed by atoms with Crippen LogP contribution in [0.2, 0.25) is 0 Å². The van der Waals surface area contributed by atoms with Crippen LogP contribution in [-0.2, 0) is 4.74 Å². The van der Waals surface area contributed by atoms with Gasteiger partial charge in [0.25, 0.3) is 0 Å². The van der Waals surface area contributed by atoms with Crippen LogP contribution in [0, 0.1) is 13.0 Å². The van der Waals surface area contributed by atoms with Crippen molar-refractivity contribution >= 4 is 0 Å². The molecule has 0 heterocycles. The van der Waals surface area contributed by atoms with E-state index in [0.717, 1.165) is 0 Å². The van der Waals surface area contributed by atoms with Crippen LogP contribution in [0.4, 0.5) is 0 Å². The predicted molar refractivity (Wildman–Crippen MR) is 25.1 cm³/mol. The molecular weight excluding hydrogens is 76.1 g/mol. The van der Waals surface area contributed by atoms with E-state index in [0.29, 0.717) is 12.5 Å². The molecule has 1 nitrogen and oxygen atoms in total. The van der Waals surface area contributed by atoms with Crippen LogP contribution in [0.5, 0.6) is 0 Å². The van der Waals surface area contributed by atoms with Crippen molar-refractivity contribution in [3.63, 3.8) is 0 Å². The van der Waals surface area contributed by atoms with Gasteiger partial charge in [0.2, 0.25) is 0 Å². The molecule has 36 valence electrons. The van der Waals surface area contributed by atoms with Gasteiger partial charge in [-0.25, -0.2) is 0 Å². The van der Waals surface area contributed by atoms with Crippen molar-refractivity contribution in [2.75, 3.05) is 6.61 Å². The molecular formula is C5H10O. The summed E-state index contributed by atoms with van der Waals surface area (Å²) in [5.41, 5.74) is 0. The Morgan fingerprint density at radius 2 is 2.17 bits per heavy atom. The first-order valence-corrected chi connectivity index (χ1v) is 2.09. The number of rotatable bonds is 2. The molecule has 6 heavy (non-hydrogen) atoms. The summed E-state index contributed by atoms with van der Waals surface area (Å²) in [6.07, 6.45) is 0. The molecule has 0 unspecified atom stereocenters. The minimum absolute atomic E-state index is 0.551. The van der Waals surface area contributed by atoms with Crippen LogP contribution in [-0.4, -0.2) is 6.61 Å². The molecule has 2 radical (unpaired) electrons. The van der Waals surface area contributed by atoms with Gasteiger partial charge in [-0.1, -0.05) is 13.8 Å². The van der Waals surface area contributed by atoms with E-state index in [-0.39, 0.29) is 0 Å². The highest BCUT2D eigenvalue weighted by Gasteiger charge is 1.86. The molecule has 0 spiro atoms. The summed E-state index contributed by atoms with van der Waals surface area (Å²) in [6.45, 7) is 4.75. The second kappa shape index (κ2) is 3.16. The first-order chi connectivity index (χ1) is 2.77. The minimum atomic E-state index is 0.551. The molecule has 0 saturated carbocycles. The topological polar surface area (TPSA) is 9.23 Å². The fourth-order valence-corrected chi connectivity index (χ4v) is 0.192. The summed E-state index contributed by atoms with van der Waals surface area (Å²) in [7, 11) is 4.73. The normalized spacial score (nSPS) is 10.0. The van der Waals surface area contributed by atoms with Crippen molar-refractivity contribution in [2.24, 2.45) is 5.92 Å². The Kier molecular flexibility index (Phi) is 3.14. The molecule has 0 aromatic rings. The van der Waals surface area contributed by atoms with Crippen LogP contribution in [0.15, 0.2) is 0 Å². The van der Waals surface area contributed by atoms with Gasteiger partial charge in [0.1, 0.15) is 7.11 Å². The Bertz CT molecular complexity index is 25.1. The molecule has 0 aromatic carbocycles. The maximum atomic E-state index is 4.73. The van der Waals surface area contributed by atoms with E-state index in [1.165, 1.54) is 0 Å². The first kappa shape index (κ1) is 5.96. The molecule has 0 rings (SSSR count). The van der Waals surface area contributed by atoms with Gasteiger partial charge in [-0.2, -0.15) is 0 Å². The van der Waals surface area contributed by atoms with Gasteiger partial charge >= 0.3 is 0 Å². The molecule has 0 amide bonds. The maximum absolute atomic E-state index is 4.73. The van der Waals surface area contributed by atoms with E-state index in [1.54, 1.807) is 0 Å². The molecule has 0 aliphatic carbocycles. The second-order valence-electron chi connectivity index (χ2n) is 1.73. The lowest BCUT2D eigenvalue weighted by Crippen LogP contribution is -1.94. The Hall–Kier alpha value is -0.0400. The zero-order chi connectivity index (χ0) is 4.99. The zero-order valence-electron chi connectivity index (χ0n) is 4.27. The van der Waals surface area contributed by atoms with Crippen LogP contribution >= 0.6 is 0 Å². The summed E-state index contributed by atoms with van der Waals surface area (Å²) in [5, 5.41) is 0. The van der Waals surface area contributed by atoms with Gasteiger partial charge in [-0.3, -0.25) is 0 Å². The van der Waals surface area contributed by atoms with Crippen LogP contribution in [0.3, 0.4) is 0 Å². The van der Waals surface area contributed by atoms with Crippen LogP contribution in [0.1, 0.15) is 13.8 Å². The van der Waals surface area contributed by atoms with Gasteiger partial charge < -0.3 is 4.74 Å². The molecule has 0 bridgehead atoms. The molecule has 0 saturated heterocycles. The van der Waals surface area contributed by atoms with E-state index < -0.39 is 0 Å². The average molecular weight is 86.1 g/mol. The average Bonchev–Trinajstić information content (AvgIpc) is 1.35. The Morgan fingerprint density at radius 1 is 1.67 bits per heavy atom. The van der Waals surface area contributed by atoms with E-state index >= 15 is 0 Å². The molecule has 0 aromatic heterocycles. The van der Waals surface area contributed by atoms with Crippen molar-refractivity contribution in [3.05, 3.63) is 7.11 Å². The standard InChI is InChI=1S/C5H10O/c1-5(2)4-6-3/h3,5H,4H2,1-2H3. The van der Waals surface area contributed by atoms with Crippen LogP contribution in [0.25, 0.3) is 0 Å². The van der Waals surface area contributed by atoms with Gasteiger partial charge in [0.05, 0.1) is 0 Å². The molecule has 0 aliphatic heterocycles. The van der Waals surface area contributed by atoms with Gasteiger partial charge in [-0.15, -0.1) is 0 Å². The fourth-order valence-electron chi connectivity index (χ4n) is 0.192.